The molecule has 1 amide bonds. The number of halogens is 1. The number of nitrogens with zero attached hydrogens (tertiary/aromatic N) is 4. The van der Waals surface area contributed by atoms with Crippen LogP contribution in [0.5, 0.6) is 0 Å². The number of amides is 1. The lowest BCUT2D eigenvalue weighted by Gasteiger charge is -2.36. The van der Waals surface area contributed by atoms with Crippen LogP contribution in [-0.2, 0) is 11.2 Å². The van der Waals surface area contributed by atoms with Crippen molar-refractivity contribution in [1.82, 2.24) is 19.8 Å². The number of carbonyl (C=O) groups excluding carboxylic acids is 1. The van der Waals surface area contributed by atoms with Crippen LogP contribution in [0.1, 0.15) is 44.0 Å². The van der Waals surface area contributed by atoms with Crippen molar-refractivity contribution in [3.63, 3.8) is 0 Å². The van der Waals surface area contributed by atoms with E-state index in [-0.39, 0.29) is 0 Å². The van der Waals surface area contributed by atoms with Gasteiger partial charge in [-0.1, -0.05) is 31.4 Å². The molecule has 1 aromatic rings. The normalized spacial score (nSPS) is 19.1. The summed E-state index contributed by atoms with van der Waals surface area (Å²) in [5.74, 6) is 2.22. The third kappa shape index (κ3) is 4.65. The molecule has 2 heterocycles. The molecule has 0 aromatic carbocycles. The number of anilines is 1. The molecule has 1 aromatic heterocycles. The Morgan fingerprint density at radius 2 is 1.88 bits per heavy atom. The van der Waals surface area contributed by atoms with Crippen molar-refractivity contribution < 1.29 is 4.79 Å². The molecule has 26 heavy (non-hydrogen) atoms. The molecule has 1 saturated carbocycles. The minimum Gasteiger partial charge on any atom is -0.368 e. The number of aromatic nitrogens is 2. The first-order valence-electron chi connectivity index (χ1n) is 9.86. The van der Waals surface area contributed by atoms with E-state index in [2.05, 4.69) is 32.0 Å². The molecule has 0 atom stereocenters. The van der Waals surface area contributed by atoms with Crippen molar-refractivity contribution in [3.8, 4) is 0 Å². The average molecular weight is 380 g/mol. The number of nitrogens with one attached hydrogen (secondary N) is 1. The standard InChI is InChI=1S/C19H30ClN5O/c1-3-16-17(20)22-14(2)23-18(16)21-8-9-24-10-12-25(13-11-24)19(26)15-6-4-5-7-15/h15H,3-13H2,1-2H3,(H,21,22,23). The zero-order valence-corrected chi connectivity index (χ0v) is 16.7. The largest absolute Gasteiger partial charge is 0.368 e. The van der Waals surface area contributed by atoms with Crippen molar-refractivity contribution in [2.24, 2.45) is 5.92 Å². The van der Waals surface area contributed by atoms with E-state index in [1.54, 1.807) is 0 Å². The molecule has 1 saturated heterocycles. The monoisotopic (exact) mass is 379 g/mol. The molecule has 6 nitrogen and oxygen atoms in total. The van der Waals surface area contributed by atoms with E-state index in [4.69, 9.17) is 11.6 Å². The van der Waals surface area contributed by atoms with Crippen LogP contribution in [0.2, 0.25) is 5.15 Å². The molecule has 1 aliphatic carbocycles. The van der Waals surface area contributed by atoms with Crippen LogP contribution in [0.25, 0.3) is 0 Å². The van der Waals surface area contributed by atoms with Gasteiger partial charge in [0, 0.05) is 50.7 Å². The van der Waals surface area contributed by atoms with Crippen LogP contribution in [0.4, 0.5) is 5.82 Å². The Morgan fingerprint density at radius 3 is 2.54 bits per heavy atom. The summed E-state index contributed by atoms with van der Waals surface area (Å²) in [5, 5.41) is 3.96. The maximum Gasteiger partial charge on any atom is 0.225 e. The van der Waals surface area contributed by atoms with Crippen molar-refractivity contribution in [1.29, 1.82) is 0 Å². The summed E-state index contributed by atoms with van der Waals surface area (Å²) in [4.78, 5) is 25.7. The van der Waals surface area contributed by atoms with Gasteiger partial charge in [-0.05, 0) is 26.2 Å². The fourth-order valence-electron chi connectivity index (χ4n) is 3.98. The molecule has 3 rings (SSSR count). The fraction of sp³-hybridized carbons (Fsp3) is 0.737. The fourth-order valence-corrected chi connectivity index (χ4v) is 4.32. The molecule has 1 aliphatic heterocycles. The highest BCUT2D eigenvalue weighted by molar-refractivity contribution is 6.30. The van der Waals surface area contributed by atoms with Gasteiger partial charge in [-0.25, -0.2) is 9.97 Å². The van der Waals surface area contributed by atoms with Crippen molar-refractivity contribution in [2.45, 2.75) is 46.0 Å². The maximum absolute atomic E-state index is 12.5. The summed E-state index contributed by atoms with van der Waals surface area (Å²) in [7, 11) is 0. The summed E-state index contributed by atoms with van der Waals surface area (Å²) in [5.41, 5.74) is 0.976. The molecule has 0 unspecified atom stereocenters. The highest BCUT2D eigenvalue weighted by Crippen LogP contribution is 2.27. The van der Waals surface area contributed by atoms with Crippen LogP contribution in [0, 0.1) is 12.8 Å². The highest BCUT2D eigenvalue weighted by Gasteiger charge is 2.29. The summed E-state index contributed by atoms with van der Waals surface area (Å²) in [6.45, 7) is 9.28. The topological polar surface area (TPSA) is 61.4 Å². The van der Waals surface area contributed by atoms with Crippen molar-refractivity contribution >= 4 is 23.3 Å². The van der Waals surface area contributed by atoms with Crippen LogP contribution >= 0.6 is 11.6 Å². The number of hydrogen-bond acceptors (Lipinski definition) is 5. The first-order chi connectivity index (χ1) is 12.6. The third-order valence-corrected chi connectivity index (χ3v) is 5.84. The zero-order chi connectivity index (χ0) is 18.5. The Balaban J connectivity index is 1.44. The average Bonchev–Trinajstić information content (AvgIpc) is 3.16. The Labute approximate surface area is 161 Å². The molecular formula is C19H30ClN5O. The summed E-state index contributed by atoms with van der Waals surface area (Å²) in [6, 6.07) is 0. The van der Waals surface area contributed by atoms with Crippen LogP contribution in [0.3, 0.4) is 0 Å². The van der Waals surface area contributed by atoms with E-state index in [0.29, 0.717) is 22.8 Å². The SMILES string of the molecule is CCc1c(Cl)nc(C)nc1NCCN1CCN(C(=O)C2CCCC2)CC1. The smallest absolute Gasteiger partial charge is 0.225 e. The Hall–Kier alpha value is -1.40. The second-order valence-corrected chi connectivity index (χ2v) is 7.68. The van der Waals surface area contributed by atoms with E-state index in [0.717, 1.165) is 69.9 Å². The predicted octanol–water partition coefficient (Wildman–Crippen LogP) is 2.75. The second kappa shape index (κ2) is 9.00. The van der Waals surface area contributed by atoms with E-state index >= 15 is 0 Å². The van der Waals surface area contributed by atoms with E-state index in [1.165, 1.54) is 12.8 Å². The van der Waals surface area contributed by atoms with Crippen LogP contribution in [-0.4, -0.2) is 64.9 Å². The minimum absolute atomic E-state index is 0.293. The molecule has 2 fully saturated rings. The van der Waals surface area contributed by atoms with Crippen molar-refractivity contribution in [3.05, 3.63) is 16.5 Å². The second-order valence-electron chi connectivity index (χ2n) is 7.32. The molecule has 0 bridgehead atoms. The van der Waals surface area contributed by atoms with E-state index < -0.39 is 0 Å². The van der Waals surface area contributed by atoms with Gasteiger partial charge in [-0.3, -0.25) is 9.69 Å². The maximum atomic E-state index is 12.5. The number of carbonyl (C=O) groups is 1. The van der Waals surface area contributed by atoms with Gasteiger partial charge in [-0.2, -0.15) is 0 Å². The molecule has 144 valence electrons. The highest BCUT2D eigenvalue weighted by atomic mass is 35.5. The van der Waals surface area contributed by atoms with Gasteiger partial charge < -0.3 is 10.2 Å². The van der Waals surface area contributed by atoms with Gasteiger partial charge in [0.25, 0.3) is 0 Å². The lowest BCUT2D eigenvalue weighted by molar-refractivity contribution is -0.137. The Morgan fingerprint density at radius 1 is 1.19 bits per heavy atom. The summed E-state index contributed by atoms with van der Waals surface area (Å²) >= 11 is 6.22. The third-order valence-electron chi connectivity index (χ3n) is 5.53. The number of hydrogen-bond donors (Lipinski definition) is 1. The minimum atomic E-state index is 0.293. The first kappa shape index (κ1) is 19.4. The van der Waals surface area contributed by atoms with Gasteiger partial charge in [0.2, 0.25) is 5.91 Å². The van der Waals surface area contributed by atoms with Gasteiger partial charge in [0.15, 0.2) is 0 Å². The molecule has 0 spiro atoms. The van der Waals surface area contributed by atoms with Crippen LogP contribution < -0.4 is 5.32 Å². The lowest BCUT2D eigenvalue weighted by atomic mass is 10.1. The molecule has 0 radical (unpaired) electrons. The number of aryl methyl sites for hydroxylation is 1. The Bertz CT molecular complexity index is 625. The molecule has 1 N–H and O–H groups in total. The van der Waals surface area contributed by atoms with Gasteiger partial charge in [-0.15, -0.1) is 0 Å². The number of piperazine rings is 1. The van der Waals surface area contributed by atoms with E-state index in [1.807, 2.05) is 6.92 Å². The van der Waals surface area contributed by atoms with Gasteiger partial charge in [0.1, 0.15) is 16.8 Å². The van der Waals surface area contributed by atoms with Crippen LogP contribution in [0.15, 0.2) is 0 Å². The summed E-state index contributed by atoms with van der Waals surface area (Å²) < 4.78 is 0. The van der Waals surface area contributed by atoms with E-state index in [9.17, 15) is 4.79 Å². The lowest BCUT2D eigenvalue weighted by Crippen LogP contribution is -2.50. The molecule has 7 heteroatoms. The zero-order valence-electron chi connectivity index (χ0n) is 15.9. The Kier molecular flexibility index (Phi) is 6.70. The van der Waals surface area contributed by atoms with Gasteiger partial charge in [0.05, 0.1) is 0 Å². The quantitative estimate of drug-likeness (QED) is 0.770. The number of rotatable bonds is 6. The van der Waals surface area contributed by atoms with Crippen molar-refractivity contribution in [2.75, 3.05) is 44.6 Å². The molecule has 2 aliphatic rings. The van der Waals surface area contributed by atoms with Gasteiger partial charge >= 0.3 is 0 Å². The first-order valence-corrected chi connectivity index (χ1v) is 10.2. The summed E-state index contributed by atoms with van der Waals surface area (Å²) in [6.07, 6.45) is 5.42. The molecular weight excluding hydrogens is 350 g/mol. The predicted molar refractivity (Wildman–Crippen MR) is 105 cm³/mol.